The quantitative estimate of drug-likeness (QED) is 0.798. The molecule has 0 saturated heterocycles. The van der Waals surface area contributed by atoms with Crippen molar-refractivity contribution in [1.29, 1.82) is 0 Å². The van der Waals surface area contributed by atoms with Crippen LogP contribution in [0, 0.1) is 0 Å². The zero-order chi connectivity index (χ0) is 11.6. The fourth-order valence-electron chi connectivity index (χ4n) is 2.68. The first-order valence-corrected chi connectivity index (χ1v) is 6.51. The second kappa shape index (κ2) is 4.58. The molecule has 0 amide bonds. The second-order valence-corrected chi connectivity index (χ2v) is 5.50. The molecule has 1 fully saturated rings. The molecule has 2 rings (SSSR count). The van der Waals surface area contributed by atoms with Gasteiger partial charge < -0.3 is 5.73 Å². The molecule has 0 bridgehead atoms. The van der Waals surface area contributed by atoms with Crippen molar-refractivity contribution in [1.82, 2.24) is 0 Å². The lowest BCUT2D eigenvalue weighted by Gasteiger charge is -2.34. The lowest BCUT2D eigenvalue weighted by atomic mass is 9.77. The van der Waals surface area contributed by atoms with Gasteiger partial charge in [0.05, 0.1) is 0 Å². The summed E-state index contributed by atoms with van der Waals surface area (Å²) in [5.41, 5.74) is 9.25. The van der Waals surface area contributed by atoms with E-state index in [2.05, 4.69) is 38.1 Å². The topological polar surface area (TPSA) is 26.0 Å². The van der Waals surface area contributed by atoms with Gasteiger partial charge in [0.2, 0.25) is 0 Å². The summed E-state index contributed by atoms with van der Waals surface area (Å²) in [5.74, 6) is 0.590. The first-order valence-electron chi connectivity index (χ1n) is 6.51. The Balaban J connectivity index is 2.28. The molecule has 0 unspecified atom stereocenters. The van der Waals surface area contributed by atoms with E-state index in [4.69, 9.17) is 5.73 Å². The maximum Gasteiger partial charge on any atom is 0.0409 e. The average Bonchev–Trinajstić information content (AvgIpc) is 2.30. The maximum absolute atomic E-state index is 6.55. The van der Waals surface area contributed by atoms with Crippen LogP contribution in [0.2, 0.25) is 0 Å². The summed E-state index contributed by atoms with van der Waals surface area (Å²) < 4.78 is 0. The second-order valence-electron chi connectivity index (χ2n) is 5.50. The third-order valence-corrected chi connectivity index (χ3v) is 3.87. The van der Waals surface area contributed by atoms with Crippen LogP contribution >= 0.6 is 0 Å². The minimum absolute atomic E-state index is 0.0524. The van der Waals surface area contributed by atoms with Gasteiger partial charge in [0.15, 0.2) is 0 Å². The molecule has 0 spiro atoms. The van der Waals surface area contributed by atoms with Crippen molar-refractivity contribution in [3.05, 3.63) is 35.4 Å². The van der Waals surface area contributed by atoms with E-state index in [9.17, 15) is 0 Å². The first kappa shape index (κ1) is 11.7. The Bertz CT molecular complexity index is 348. The molecule has 0 atom stereocenters. The molecule has 1 aliphatic carbocycles. The highest BCUT2D eigenvalue weighted by Crippen LogP contribution is 2.35. The Kier molecular flexibility index (Phi) is 3.34. The first-order chi connectivity index (χ1) is 7.62. The summed E-state index contributed by atoms with van der Waals surface area (Å²) in [6, 6.07) is 8.89. The molecule has 0 radical (unpaired) electrons. The van der Waals surface area contributed by atoms with Gasteiger partial charge in [0, 0.05) is 5.54 Å². The summed E-state index contributed by atoms with van der Waals surface area (Å²) in [6.45, 7) is 4.48. The number of benzene rings is 1. The molecule has 0 aromatic heterocycles. The summed E-state index contributed by atoms with van der Waals surface area (Å²) in [6.07, 6.45) is 6.21. The van der Waals surface area contributed by atoms with E-state index in [0.717, 1.165) is 12.8 Å². The number of rotatable bonds is 2. The van der Waals surface area contributed by atoms with Gasteiger partial charge in [-0.25, -0.2) is 0 Å². The van der Waals surface area contributed by atoms with Crippen LogP contribution in [0.25, 0.3) is 0 Å². The van der Waals surface area contributed by atoms with Crippen LogP contribution in [0.5, 0.6) is 0 Å². The van der Waals surface area contributed by atoms with Crippen molar-refractivity contribution in [2.75, 3.05) is 0 Å². The van der Waals surface area contributed by atoms with Crippen molar-refractivity contribution in [2.24, 2.45) is 5.73 Å². The van der Waals surface area contributed by atoms with Gasteiger partial charge in [0.1, 0.15) is 0 Å². The highest BCUT2D eigenvalue weighted by atomic mass is 14.7. The summed E-state index contributed by atoms with van der Waals surface area (Å²) >= 11 is 0. The molecule has 1 nitrogen and oxygen atoms in total. The highest BCUT2D eigenvalue weighted by Gasteiger charge is 2.29. The van der Waals surface area contributed by atoms with Gasteiger partial charge in [-0.2, -0.15) is 0 Å². The van der Waals surface area contributed by atoms with E-state index < -0.39 is 0 Å². The van der Waals surface area contributed by atoms with Gasteiger partial charge in [-0.05, 0) is 29.9 Å². The molecule has 0 heterocycles. The molecule has 1 aromatic carbocycles. The SMILES string of the molecule is CC(C)c1cccc(C2(N)CCCCC2)c1. The molecule has 1 aliphatic rings. The lowest BCUT2D eigenvalue weighted by molar-refractivity contribution is 0.302. The van der Waals surface area contributed by atoms with E-state index in [1.807, 2.05) is 0 Å². The number of hydrogen-bond acceptors (Lipinski definition) is 1. The largest absolute Gasteiger partial charge is 0.321 e. The molecule has 1 saturated carbocycles. The van der Waals surface area contributed by atoms with Crippen LogP contribution in [0.3, 0.4) is 0 Å². The van der Waals surface area contributed by atoms with E-state index >= 15 is 0 Å². The normalized spacial score (nSPS) is 20.0. The van der Waals surface area contributed by atoms with E-state index in [1.54, 1.807) is 0 Å². The third kappa shape index (κ3) is 2.30. The van der Waals surface area contributed by atoms with Gasteiger partial charge in [-0.3, -0.25) is 0 Å². The predicted octanol–water partition coefficient (Wildman–Crippen LogP) is 3.93. The molecule has 0 aliphatic heterocycles. The highest BCUT2D eigenvalue weighted by molar-refractivity contribution is 5.31. The van der Waals surface area contributed by atoms with Crippen molar-refractivity contribution >= 4 is 0 Å². The molecule has 1 aromatic rings. The van der Waals surface area contributed by atoms with E-state index in [-0.39, 0.29) is 5.54 Å². The van der Waals surface area contributed by atoms with E-state index in [0.29, 0.717) is 5.92 Å². The van der Waals surface area contributed by atoms with Gasteiger partial charge in [-0.15, -0.1) is 0 Å². The Morgan fingerprint density at radius 3 is 2.44 bits per heavy atom. The van der Waals surface area contributed by atoms with Crippen molar-refractivity contribution in [3.63, 3.8) is 0 Å². The Labute approximate surface area is 99.0 Å². The molecular formula is C15H23N. The lowest BCUT2D eigenvalue weighted by Crippen LogP contribution is -2.38. The molecule has 88 valence electrons. The Morgan fingerprint density at radius 1 is 1.12 bits per heavy atom. The molecule has 16 heavy (non-hydrogen) atoms. The van der Waals surface area contributed by atoms with Crippen LogP contribution < -0.4 is 5.73 Å². The van der Waals surface area contributed by atoms with Gasteiger partial charge in [0.25, 0.3) is 0 Å². The van der Waals surface area contributed by atoms with Crippen LogP contribution in [0.15, 0.2) is 24.3 Å². The molecule has 2 N–H and O–H groups in total. The fourth-order valence-corrected chi connectivity index (χ4v) is 2.68. The summed E-state index contributed by atoms with van der Waals surface area (Å²) in [4.78, 5) is 0. The molecule has 1 heteroatoms. The summed E-state index contributed by atoms with van der Waals surface area (Å²) in [5, 5.41) is 0. The Hall–Kier alpha value is -0.820. The smallest absolute Gasteiger partial charge is 0.0409 e. The van der Waals surface area contributed by atoms with Crippen LogP contribution in [-0.2, 0) is 5.54 Å². The van der Waals surface area contributed by atoms with Crippen molar-refractivity contribution in [3.8, 4) is 0 Å². The standard InChI is InChI=1S/C15H23N/c1-12(2)13-7-6-8-14(11-13)15(16)9-4-3-5-10-15/h6-8,11-12H,3-5,9-10,16H2,1-2H3. The van der Waals surface area contributed by atoms with Crippen LogP contribution in [0.4, 0.5) is 0 Å². The molecular weight excluding hydrogens is 194 g/mol. The minimum atomic E-state index is -0.0524. The summed E-state index contributed by atoms with van der Waals surface area (Å²) in [7, 11) is 0. The number of nitrogens with two attached hydrogens (primary N) is 1. The van der Waals surface area contributed by atoms with Gasteiger partial charge in [-0.1, -0.05) is 57.4 Å². The minimum Gasteiger partial charge on any atom is -0.321 e. The monoisotopic (exact) mass is 217 g/mol. The van der Waals surface area contributed by atoms with E-state index in [1.165, 1.54) is 30.4 Å². The fraction of sp³-hybridized carbons (Fsp3) is 0.600. The Morgan fingerprint density at radius 2 is 1.81 bits per heavy atom. The zero-order valence-corrected chi connectivity index (χ0v) is 10.5. The predicted molar refractivity (Wildman–Crippen MR) is 69.5 cm³/mol. The maximum atomic E-state index is 6.55. The van der Waals surface area contributed by atoms with Crippen LogP contribution in [-0.4, -0.2) is 0 Å². The van der Waals surface area contributed by atoms with Crippen LogP contribution in [0.1, 0.15) is 63.0 Å². The van der Waals surface area contributed by atoms with Crippen molar-refractivity contribution < 1.29 is 0 Å². The third-order valence-electron chi connectivity index (χ3n) is 3.87. The van der Waals surface area contributed by atoms with Gasteiger partial charge >= 0.3 is 0 Å². The average molecular weight is 217 g/mol. The number of hydrogen-bond donors (Lipinski definition) is 1. The van der Waals surface area contributed by atoms with Crippen molar-refractivity contribution in [2.45, 2.75) is 57.4 Å². The zero-order valence-electron chi connectivity index (χ0n) is 10.5.